The van der Waals surface area contributed by atoms with Crippen LogP contribution in [0.3, 0.4) is 0 Å². The first-order valence-electron chi connectivity index (χ1n) is 11.8. The highest BCUT2D eigenvalue weighted by atomic mass is 19.1. The van der Waals surface area contributed by atoms with E-state index in [4.69, 9.17) is 9.47 Å². The van der Waals surface area contributed by atoms with Crippen molar-refractivity contribution in [3.8, 4) is 11.5 Å². The Morgan fingerprint density at radius 3 is 2.69 bits per heavy atom. The summed E-state index contributed by atoms with van der Waals surface area (Å²) in [6.07, 6.45) is 8.45. The Balaban J connectivity index is 1.33. The topological polar surface area (TPSA) is 84.9 Å². The lowest BCUT2D eigenvalue weighted by Gasteiger charge is -2.22. The fraction of sp³-hybridized carbons (Fsp3) is 0.259. The van der Waals surface area contributed by atoms with E-state index in [0.717, 1.165) is 18.8 Å². The van der Waals surface area contributed by atoms with E-state index < -0.39 is 11.8 Å². The summed E-state index contributed by atoms with van der Waals surface area (Å²) in [5.74, 6) is 0.209. The molecule has 0 atom stereocenters. The second-order valence-corrected chi connectivity index (χ2v) is 8.11. The van der Waals surface area contributed by atoms with Crippen molar-refractivity contribution in [3.05, 3.63) is 84.1 Å². The van der Waals surface area contributed by atoms with Crippen LogP contribution in [0.15, 0.2) is 67.1 Å². The molecule has 8 nitrogen and oxygen atoms in total. The maximum Gasteiger partial charge on any atom is 0.339 e. The van der Waals surface area contributed by atoms with Crippen molar-refractivity contribution in [2.24, 2.45) is 0 Å². The summed E-state index contributed by atoms with van der Waals surface area (Å²) >= 11 is 0. The number of anilines is 1. The molecule has 3 aromatic rings. The van der Waals surface area contributed by atoms with Gasteiger partial charge in [0.15, 0.2) is 11.6 Å². The van der Waals surface area contributed by atoms with Crippen LogP contribution in [0.25, 0.3) is 6.08 Å². The summed E-state index contributed by atoms with van der Waals surface area (Å²) < 4.78 is 25.0. The second-order valence-electron chi connectivity index (χ2n) is 8.11. The molecule has 9 heteroatoms. The number of benzene rings is 1. The first-order chi connectivity index (χ1) is 17.5. The highest BCUT2D eigenvalue weighted by molar-refractivity contribution is 5.92. The number of esters is 1. The van der Waals surface area contributed by atoms with Gasteiger partial charge in [0.1, 0.15) is 11.6 Å². The average Bonchev–Trinajstić information content (AvgIpc) is 3.16. The maximum absolute atomic E-state index is 14.5. The zero-order valence-corrected chi connectivity index (χ0v) is 20.0. The third-order valence-corrected chi connectivity index (χ3v) is 5.63. The van der Waals surface area contributed by atoms with Crippen LogP contribution in [-0.2, 0) is 9.53 Å². The van der Waals surface area contributed by atoms with Gasteiger partial charge in [-0.05, 0) is 61.4 Å². The fourth-order valence-corrected chi connectivity index (χ4v) is 3.79. The minimum Gasteiger partial charge on any atom is -0.462 e. The second kappa shape index (κ2) is 11.9. The summed E-state index contributed by atoms with van der Waals surface area (Å²) in [4.78, 5) is 36.8. The van der Waals surface area contributed by atoms with Gasteiger partial charge in [-0.3, -0.25) is 9.78 Å². The first-order valence-corrected chi connectivity index (χ1v) is 11.8. The lowest BCUT2D eigenvalue weighted by molar-refractivity contribution is -0.125. The molecule has 3 heterocycles. The van der Waals surface area contributed by atoms with Gasteiger partial charge in [-0.1, -0.05) is 6.07 Å². The molecular formula is C27H27FN4O4. The van der Waals surface area contributed by atoms with Crippen LogP contribution in [0.5, 0.6) is 11.5 Å². The Bertz CT molecular complexity index is 1220. The summed E-state index contributed by atoms with van der Waals surface area (Å²) in [7, 11) is 0. The quantitative estimate of drug-likeness (QED) is 0.360. The van der Waals surface area contributed by atoms with Crippen molar-refractivity contribution in [2.75, 3.05) is 37.7 Å². The molecule has 186 valence electrons. The van der Waals surface area contributed by atoms with Crippen LogP contribution in [0, 0.1) is 5.82 Å². The zero-order chi connectivity index (χ0) is 25.3. The number of carbonyl (C=O) groups is 2. The number of carbonyl (C=O) groups excluding carboxylic acids is 2. The van der Waals surface area contributed by atoms with Gasteiger partial charge in [-0.25, -0.2) is 14.2 Å². The van der Waals surface area contributed by atoms with Crippen molar-refractivity contribution in [1.82, 2.24) is 14.9 Å². The Morgan fingerprint density at radius 2 is 1.97 bits per heavy atom. The molecule has 1 fully saturated rings. The van der Waals surface area contributed by atoms with Crippen LogP contribution in [0.4, 0.5) is 10.2 Å². The molecule has 1 amide bonds. The van der Waals surface area contributed by atoms with E-state index in [0.29, 0.717) is 43.1 Å². The number of hydrogen-bond donors (Lipinski definition) is 0. The predicted molar refractivity (Wildman–Crippen MR) is 133 cm³/mol. The van der Waals surface area contributed by atoms with E-state index in [9.17, 15) is 14.0 Å². The number of amides is 1. The Kier molecular flexibility index (Phi) is 8.23. The summed E-state index contributed by atoms with van der Waals surface area (Å²) in [5, 5.41) is 0. The molecule has 1 aliphatic rings. The molecule has 4 rings (SSSR count). The van der Waals surface area contributed by atoms with Crippen molar-refractivity contribution in [2.45, 2.75) is 13.3 Å². The molecule has 0 radical (unpaired) electrons. The van der Waals surface area contributed by atoms with Crippen molar-refractivity contribution < 1.29 is 23.5 Å². The van der Waals surface area contributed by atoms with E-state index in [1.54, 1.807) is 54.4 Å². The van der Waals surface area contributed by atoms with E-state index in [2.05, 4.69) is 14.9 Å². The molecule has 2 aromatic heterocycles. The van der Waals surface area contributed by atoms with E-state index >= 15 is 0 Å². The van der Waals surface area contributed by atoms with Gasteiger partial charge < -0.3 is 19.3 Å². The monoisotopic (exact) mass is 490 g/mol. The van der Waals surface area contributed by atoms with Crippen molar-refractivity contribution in [1.29, 1.82) is 0 Å². The molecular weight excluding hydrogens is 463 g/mol. The fourth-order valence-electron chi connectivity index (χ4n) is 3.79. The van der Waals surface area contributed by atoms with Gasteiger partial charge in [0.05, 0.1) is 18.4 Å². The van der Waals surface area contributed by atoms with Crippen LogP contribution < -0.4 is 9.64 Å². The molecule has 0 aliphatic carbocycles. The van der Waals surface area contributed by atoms with Crippen molar-refractivity contribution in [3.63, 3.8) is 0 Å². The third kappa shape index (κ3) is 6.44. The van der Waals surface area contributed by atoms with Gasteiger partial charge in [0.2, 0.25) is 5.91 Å². The number of hydrogen-bond acceptors (Lipinski definition) is 7. The van der Waals surface area contributed by atoms with Crippen LogP contribution in [0.1, 0.15) is 29.3 Å². The molecule has 0 unspecified atom stereocenters. The number of aromatic nitrogens is 2. The standard InChI is InChI=1S/C27H27FN4O4/c1-2-35-27(34)21-8-10-25(30-18-21)31-13-4-14-32(16-15-31)26(33)11-7-20-6-9-24(23(28)17-20)36-22-5-3-12-29-19-22/h3,5-12,17-19H,2,4,13-16H2,1H3/b11-7+. The molecule has 1 saturated heterocycles. The van der Waals surface area contributed by atoms with Crippen LogP contribution >= 0.6 is 0 Å². The highest BCUT2D eigenvalue weighted by Gasteiger charge is 2.19. The Labute approximate surface area is 209 Å². The zero-order valence-electron chi connectivity index (χ0n) is 20.0. The van der Waals surface area contributed by atoms with Gasteiger partial charge in [-0.2, -0.15) is 0 Å². The maximum atomic E-state index is 14.5. The van der Waals surface area contributed by atoms with Crippen molar-refractivity contribution >= 4 is 23.8 Å². The molecule has 1 aromatic carbocycles. The van der Waals surface area contributed by atoms with E-state index in [1.165, 1.54) is 30.6 Å². The molecule has 0 spiro atoms. The molecule has 0 saturated carbocycles. The summed E-state index contributed by atoms with van der Waals surface area (Å²) in [6.45, 7) is 4.55. The third-order valence-electron chi connectivity index (χ3n) is 5.63. The molecule has 0 N–H and O–H groups in total. The number of rotatable bonds is 7. The summed E-state index contributed by atoms with van der Waals surface area (Å²) in [6, 6.07) is 11.4. The number of ether oxygens (including phenoxy) is 2. The minimum atomic E-state index is -0.527. The number of pyridine rings is 2. The normalized spacial score (nSPS) is 13.9. The lowest BCUT2D eigenvalue weighted by Crippen LogP contribution is -2.34. The summed E-state index contributed by atoms with van der Waals surface area (Å²) in [5.41, 5.74) is 0.965. The van der Waals surface area contributed by atoms with Gasteiger partial charge >= 0.3 is 5.97 Å². The number of nitrogens with zero attached hydrogens (tertiary/aromatic N) is 4. The highest BCUT2D eigenvalue weighted by Crippen LogP contribution is 2.25. The number of halogens is 1. The SMILES string of the molecule is CCOC(=O)c1ccc(N2CCCN(C(=O)/C=C/c3ccc(Oc4cccnc4)c(F)c3)CC2)nc1. The molecule has 0 bridgehead atoms. The average molecular weight is 491 g/mol. The van der Waals surface area contributed by atoms with Gasteiger partial charge in [0, 0.05) is 44.6 Å². The van der Waals surface area contributed by atoms with E-state index in [1.807, 2.05) is 0 Å². The smallest absolute Gasteiger partial charge is 0.339 e. The first kappa shape index (κ1) is 24.8. The largest absolute Gasteiger partial charge is 0.462 e. The van der Waals surface area contributed by atoms with Crippen LogP contribution in [-0.4, -0.2) is 59.5 Å². The predicted octanol–water partition coefficient (Wildman–Crippen LogP) is 4.34. The molecule has 36 heavy (non-hydrogen) atoms. The van der Waals surface area contributed by atoms with Gasteiger partial charge in [-0.15, -0.1) is 0 Å². The molecule has 1 aliphatic heterocycles. The lowest BCUT2D eigenvalue weighted by atomic mass is 10.2. The van der Waals surface area contributed by atoms with Gasteiger partial charge in [0.25, 0.3) is 0 Å². The van der Waals surface area contributed by atoms with Crippen LogP contribution in [0.2, 0.25) is 0 Å². The Morgan fingerprint density at radius 1 is 1.08 bits per heavy atom. The van der Waals surface area contributed by atoms with E-state index in [-0.39, 0.29) is 11.7 Å². The minimum absolute atomic E-state index is 0.0861. The Hall–Kier alpha value is -4.27.